The average molecular weight is 266 g/mol. The van der Waals surface area contributed by atoms with Gasteiger partial charge in [0, 0.05) is 26.2 Å². The van der Waals surface area contributed by atoms with E-state index in [4.69, 9.17) is 11.6 Å². The monoisotopic (exact) mass is 265 g/mol. The molecule has 0 saturated carbocycles. The van der Waals surface area contributed by atoms with Crippen LogP contribution in [0.25, 0.3) is 5.65 Å². The molecular weight excluding hydrogens is 250 g/mol. The van der Waals surface area contributed by atoms with Crippen molar-refractivity contribution in [3.63, 3.8) is 0 Å². The summed E-state index contributed by atoms with van der Waals surface area (Å²) in [6.45, 7) is 8.14. The van der Waals surface area contributed by atoms with Crippen molar-refractivity contribution in [3.8, 4) is 0 Å². The molecule has 0 aromatic carbocycles. The van der Waals surface area contributed by atoms with Gasteiger partial charge in [0.2, 0.25) is 0 Å². The molecule has 2 aromatic heterocycles. The van der Waals surface area contributed by atoms with Gasteiger partial charge in [-0.25, -0.2) is 9.50 Å². The molecule has 5 nitrogen and oxygen atoms in total. The Kier molecular flexibility index (Phi) is 2.87. The van der Waals surface area contributed by atoms with Gasteiger partial charge in [-0.15, -0.1) is 0 Å². The number of halogens is 1. The number of anilines is 1. The highest BCUT2D eigenvalue weighted by Crippen LogP contribution is 2.27. The molecule has 1 saturated heterocycles. The summed E-state index contributed by atoms with van der Waals surface area (Å²) in [5, 5.41) is 8.26. The van der Waals surface area contributed by atoms with E-state index < -0.39 is 0 Å². The molecule has 0 bridgehead atoms. The first kappa shape index (κ1) is 11.7. The van der Waals surface area contributed by atoms with Gasteiger partial charge < -0.3 is 10.2 Å². The fraction of sp³-hybridized carbons (Fsp3) is 0.500. The zero-order chi connectivity index (χ0) is 12.7. The highest BCUT2D eigenvalue weighted by atomic mass is 35.5. The summed E-state index contributed by atoms with van der Waals surface area (Å²) in [6.07, 6.45) is 1.65. The van der Waals surface area contributed by atoms with E-state index >= 15 is 0 Å². The van der Waals surface area contributed by atoms with Crippen LogP contribution in [0.4, 0.5) is 5.69 Å². The van der Waals surface area contributed by atoms with Crippen molar-refractivity contribution in [1.82, 2.24) is 19.9 Å². The molecule has 3 rings (SSSR count). The van der Waals surface area contributed by atoms with Crippen molar-refractivity contribution >= 4 is 22.9 Å². The van der Waals surface area contributed by atoms with Gasteiger partial charge in [-0.2, -0.15) is 5.10 Å². The fourth-order valence-electron chi connectivity index (χ4n) is 2.59. The van der Waals surface area contributed by atoms with Crippen LogP contribution in [0, 0.1) is 13.8 Å². The van der Waals surface area contributed by atoms with Gasteiger partial charge >= 0.3 is 0 Å². The maximum atomic E-state index is 6.09. The summed E-state index contributed by atoms with van der Waals surface area (Å²) < 4.78 is 1.83. The third-order valence-electron chi connectivity index (χ3n) is 3.41. The molecule has 6 heteroatoms. The Balaban J connectivity index is 2.16. The number of aromatic nitrogens is 3. The van der Waals surface area contributed by atoms with Gasteiger partial charge in [-0.1, -0.05) is 11.6 Å². The van der Waals surface area contributed by atoms with Gasteiger partial charge in [-0.3, -0.25) is 0 Å². The lowest BCUT2D eigenvalue weighted by Gasteiger charge is -2.31. The topological polar surface area (TPSA) is 45.5 Å². The average Bonchev–Trinajstić information content (AvgIpc) is 2.73. The van der Waals surface area contributed by atoms with Crippen molar-refractivity contribution in [3.05, 3.63) is 22.6 Å². The standard InChI is InChI=1S/C12H16ClN5/c1-8-11(17-5-3-14-4-6-17)9(2)18-12(16-8)10(13)7-15-18/h7,14H,3-6H2,1-2H3. The Morgan fingerprint density at radius 2 is 2.00 bits per heavy atom. The third-order valence-corrected chi connectivity index (χ3v) is 3.68. The van der Waals surface area contributed by atoms with E-state index in [0.29, 0.717) is 5.02 Å². The maximum Gasteiger partial charge on any atom is 0.174 e. The van der Waals surface area contributed by atoms with Crippen LogP contribution in [0.2, 0.25) is 5.02 Å². The van der Waals surface area contributed by atoms with Crippen molar-refractivity contribution in [2.75, 3.05) is 31.1 Å². The molecule has 0 amide bonds. The van der Waals surface area contributed by atoms with E-state index in [2.05, 4.69) is 27.2 Å². The van der Waals surface area contributed by atoms with E-state index in [1.165, 1.54) is 5.69 Å². The second-order valence-electron chi connectivity index (χ2n) is 4.60. The molecule has 0 atom stereocenters. The molecule has 1 aliphatic heterocycles. The molecule has 3 heterocycles. The Labute approximate surface area is 111 Å². The summed E-state index contributed by atoms with van der Waals surface area (Å²) in [7, 11) is 0. The van der Waals surface area contributed by atoms with Crippen LogP contribution in [0.1, 0.15) is 11.4 Å². The first-order chi connectivity index (χ1) is 8.68. The van der Waals surface area contributed by atoms with Crippen molar-refractivity contribution in [2.45, 2.75) is 13.8 Å². The minimum Gasteiger partial charge on any atom is -0.366 e. The number of nitrogens with zero attached hydrogens (tertiary/aromatic N) is 4. The fourth-order valence-corrected chi connectivity index (χ4v) is 2.75. The minimum absolute atomic E-state index is 0.605. The molecule has 1 aliphatic rings. The number of fused-ring (bicyclic) bond motifs is 1. The van der Waals surface area contributed by atoms with E-state index in [1.54, 1.807) is 6.20 Å². The van der Waals surface area contributed by atoms with Crippen molar-refractivity contribution in [2.24, 2.45) is 0 Å². The summed E-state index contributed by atoms with van der Waals surface area (Å²) in [5.41, 5.74) is 4.05. The largest absolute Gasteiger partial charge is 0.366 e. The predicted octanol–water partition coefficient (Wildman–Crippen LogP) is 1.41. The first-order valence-electron chi connectivity index (χ1n) is 6.14. The van der Waals surface area contributed by atoms with Crippen LogP contribution < -0.4 is 10.2 Å². The summed E-state index contributed by atoms with van der Waals surface area (Å²) in [4.78, 5) is 6.94. The zero-order valence-electron chi connectivity index (χ0n) is 10.6. The van der Waals surface area contributed by atoms with Crippen LogP contribution >= 0.6 is 11.6 Å². The Morgan fingerprint density at radius 1 is 1.28 bits per heavy atom. The van der Waals surface area contributed by atoms with Crippen LogP contribution in [-0.4, -0.2) is 40.8 Å². The van der Waals surface area contributed by atoms with E-state index in [1.807, 2.05) is 11.4 Å². The summed E-state index contributed by atoms with van der Waals surface area (Å²) in [5.74, 6) is 0. The van der Waals surface area contributed by atoms with Gasteiger partial charge in [0.05, 0.1) is 23.3 Å². The van der Waals surface area contributed by atoms with E-state index in [-0.39, 0.29) is 0 Å². The lowest BCUT2D eigenvalue weighted by atomic mass is 10.2. The molecule has 0 radical (unpaired) electrons. The second-order valence-corrected chi connectivity index (χ2v) is 5.00. The Bertz CT molecular complexity index is 586. The van der Waals surface area contributed by atoms with Gasteiger partial charge in [0.25, 0.3) is 0 Å². The summed E-state index contributed by atoms with van der Waals surface area (Å²) >= 11 is 6.09. The van der Waals surface area contributed by atoms with Gasteiger partial charge in [0.1, 0.15) is 5.02 Å². The van der Waals surface area contributed by atoms with Crippen LogP contribution in [0.15, 0.2) is 6.20 Å². The minimum atomic E-state index is 0.605. The molecule has 1 N–H and O–H groups in total. The molecule has 18 heavy (non-hydrogen) atoms. The van der Waals surface area contributed by atoms with Gasteiger partial charge in [-0.05, 0) is 13.8 Å². The maximum absolute atomic E-state index is 6.09. The smallest absolute Gasteiger partial charge is 0.174 e. The predicted molar refractivity (Wildman–Crippen MR) is 72.6 cm³/mol. The number of hydrogen-bond donors (Lipinski definition) is 1. The molecule has 0 spiro atoms. The highest BCUT2D eigenvalue weighted by Gasteiger charge is 2.19. The van der Waals surface area contributed by atoms with Crippen molar-refractivity contribution < 1.29 is 0 Å². The molecule has 96 valence electrons. The lowest BCUT2D eigenvalue weighted by molar-refractivity contribution is 0.585. The first-order valence-corrected chi connectivity index (χ1v) is 6.52. The van der Waals surface area contributed by atoms with Crippen LogP contribution in [-0.2, 0) is 0 Å². The normalized spacial score (nSPS) is 16.5. The Morgan fingerprint density at radius 3 is 2.72 bits per heavy atom. The summed E-state index contributed by atoms with van der Waals surface area (Å²) in [6, 6.07) is 0. The van der Waals surface area contributed by atoms with Crippen LogP contribution in [0.5, 0.6) is 0 Å². The number of rotatable bonds is 1. The molecule has 0 unspecified atom stereocenters. The van der Waals surface area contributed by atoms with E-state index in [9.17, 15) is 0 Å². The number of aryl methyl sites for hydroxylation is 2. The lowest BCUT2D eigenvalue weighted by Crippen LogP contribution is -2.44. The van der Waals surface area contributed by atoms with Gasteiger partial charge in [0.15, 0.2) is 5.65 Å². The zero-order valence-corrected chi connectivity index (χ0v) is 11.3. The quantitative estimate of drug-likeness (QED) is 0.847. The molecule has 0 aliphatic carbocycles. The number of nitrogens with one attached hydrogen (secondary N) is 1. The second kappa shape index (κ2) is 4.40. The van der Waals surface area contributed by atoms with Crippen LogP contribution in [0.3, 0.4) is 0 Å². The third kappa shape index (κ3) is 1.74. The molecule has 1 fully saturated rings. The Hall–Kier alpha value is -1.33. The molecular formula is C12H16ClN5. The molecule has 2 aromatic rings. The number of piperazine rings is 1. The van der Waals surface area contributed by atoms with Crippen molar-refractivity contribution in [1.29, 1.82) is 0 Å². The number of hydrogen-bond acceptors (Lipinski definition) is 4. The van der Waals surface area contributed by atoms with E-state index in [0.717, 1.165) is 43.2 Å². The highest BCUT2D eigenvalue weighted by molar-refractivity contribution is 6.33. The SMILES string of the molecule is Cc1nc2c(Cl)cnn2c(C)c1N1CCNCC1.